The fourth-order valence-corrected chi connectivity index (χ4v) is 5.19. The molecule has 2 N–H and O–H groups in total. The molecule has 0 saturated carbocycles. The van der Waals surface area contributed by atoms with Crippen molar-refractivity contribution in [3.05, 3.63) is 107 Å². The van der Waals surface area contributed by atoms with E-state index in [9.17, 15) is 23.3 Å². The van der Waals surface area contributed by atoms with Crippen molar-refractivity contribution in [2.75, 3.05) is 7.11 Å². The van der Waals surface area contributed by atoms with Crippen LogP contribution in [0, 0.1) is 10.1 Å². The number of ether oxygens (including phenoxy) is 2. The predicted octanol–water partition coefficient (Wildman–Crippen LogP) is 4.88. The van der Waals surface area contributed by atoms with E-state index in [2.05, 4.69) is 16.3 Å². The van der Waals surface area contributed by atoms with E-state index in [0.717, 1.165) is 17.3 Å². The summed E-state index contributed by atoms with van der Waals surface area (Å²) < 4.78 is 38.5. The zero-order valence-electron chi connectivity index (χ0n) is 19.9. The van der Waals surface area contributed by atoms with Crippen LogP contribution in [0.1, 0.15) is 34.3 Å². The first kappa shape index (κ1) is 25.5. The highest BCUT2D eigenvalue weighted by molar-refractivity contribution is 7.90. The maximum Gasteiger partial charge on any atom is 0.270 e. The van der Waals surface area contributed by atoms with Crippen LogP contribution in [0.2, 0.25) is 0 Å². The van der Waals surface area contributed by atoms with Crippen LogP contribution in [0.3, 0.4) is 0 Å². The van der Waals surface area contributed by atoms with Gasteiger partial charge in [0.05, 0.1) is 18.3 Å². The Balaban J connectivity index is 1.64. The summed E-state index contributed by atoms with van der Waals surface area (Å²) in [4.78, 5) is 26.6. The molecule has 1 amide bonds. The number of nitro groups is 1. The average molecular weight is 522 g/mol. The maximum atomic E-state index is 12.9. The number of nitrogens with one attached hydrogen (secondary N) is 2. The number of amides is 1. The second kappa shape index (κ2) is 10.2. The number of para-hydroxylation sites is 1. The van der Waals surface area contributed by atoms with Crippen molar-refractivity contribution >= 4 is 32.5 Å². The lowest BCUT2D eigenvalue weighted by atomic mass is 9.91. The molecule has 11 heteroatoms. The quantitative estimate of drug-likeness (QED) is 0.182. The first-order valence-electron chi connectivity index (χ1n) is 11.0. The molecule has 4 rings (SSSR count). The first-order chi connectivity index (χ1) is 17.7. The van der Waals surface area contributed by atoms with Gasteiger partial charge in [-0.25, -0.2) is 13.1 Å². The summed E-state index contributed by atoms with van der Waals surface area (Å²) in [7, 11) is -2.81. The Bertz CT molecular complexity index is 1630. The molecule has 1 unspecified atom stereocenters. The number of non-ortho nitro benzene ring substituents is 1. The largest absolute Gasteiger partial charge is 0.496 e. The summed E-state index contributed by atoms with van der Waals surface area (Å²) in [5.74, 6) is -0.741. The van der Waals surface area contributed by atoms with Crippen molar-refractivity contribution in [3.8, 4) is 11.5 Å². The van der Waals surface area contributed by atoms with Gasteiger partial charge >= 0.3 is 0 Å². The Morgan fingerprint density at radius 2 is 1.86 bits per heavy atom. The van der Waals surface area contributed by atoms with Crippen LogP contribution < -0.4 is 14.2 Å². The number of aromatic nitrogens is 1. The molecule has 3 aromatic carbocycles. The van der Waals surface area contributed by atoms with Crippen LogP contribution in [-0.2, 0) is 10.0 Å². The Hall–Kier alpha value is -4.64. The number of rotatable bonds is 9. The second-order valence-electron chi connectivity index (χ2n) is 8.08. The number of aromatic amines is 1. The van der Waals surface area contributed by atoms with Crippen molar-refractivity contribution in [3.63, 3.8) is 0 Å². The molecule has 37 heavy (non-hydrogen) atoms. The smallest absolute Gasteiger partial charge is 0.270 e. The van der Waals surface area contributed by atoms with E-state index in [-0.39, 0.29) is 27.8 Å². The summed E-state index contributed by atoms with van der Waals surface area (Å²) in [5.41, 5.74) is 2.29. The highest BCUT2D eigenvalue weighted by atomic mass is 32.2. The third-order valence-electron chi connectivity index (χ3n) is 5.91. The van der Waals surface area contributed by atoms with Crippen LogP contribution in [-0.4, -0.2) is 31.3 Å². The second-order valence-corrected chi connectivity index (χ2v) is 9.73. The van der Waals surface area contributed by atoms with Crippen molar-refractivity contribution in [2.24, 2.45) is 0 Å². The summed E-state index contributed by atoms with van der Waals surface area (Å²) >= 11 is 0. The van der Waals surface area contributed by atoms with Gasteiger partial charge in [0.25, 0.3) is 21.6 Å². The monoisotopic (exact) mass is 521 g/mol. The molecule has 4 aromatic rings. The lowest BCUT2D eigenvalue weighted by Gasteiger charge is -2.17. The van der Waals surface area contributed by atoms with Gasteiger partial charge in [0.15, 0.2) is 0 Å². The molecule has 0 fully saturated rings. The number of nitrogens with zero attached hydrogens (tertiary/aromatic N) is 1. The number of carbonyl (C=O) groups is 1. The molecule has 0 radical (unpaired) electrons. The molecule has 0 spiro atoms. The Labute approximate surface area is 212 Å². The van der Waals surface area contributed by atoms with Crippen LogP contribution in [0.25, 0.3) is 10.9 Å². The van der Waals surface area contributed by atoms with Crippen molar-refractivity contribution in [2.45, 2.75) is 17.7 Å². The van der Waals surface area contributed by atoms with Gasteiger partial charge in [0.2, 0.25) is 0 Å². The van der Waals surface area contributed by atoms with Gasteiger partial charge in [0, 0.05) is 46.3 Å². The van der Waals surface area contributed by atoms with Gasteiger partial charge in [-0.05, 0) is 35.9 Å². The SMILES string of the molecule is C=COc1ccccc1S(=O)(=O)NC(=O)c1ccc(C(C)c2c[nH]c3ccc([N+](=O)[O-])cc23)c(OC)c1. The Kier molecular flexibility index (Phi) is 6.98. The number of hydrogen-bond donors (Lipinski definition) is 2. The summed E-state index contributed by atoms with van der Waals surface area (Å²) in [6, 6.07) is 15.0. The number of sulfonamides is 1. The Morgan fingerprint density at radius 1 is 1.11 bits per heavy atom. The van der Waals surface area contributed by atoms with E-state index in [1.165, 1.54) is 49.6 Å². The van der Waals surface area contributed by atoms with Crippen LogP contribution in [0.5, 0.6) is 11.5 Å². The lowest BCUT2D eigenvalue weighted by Crippen LogP contribution is -2.30. The molecule has 1 atom stereocenters. The first-order valence-corrected chi connectivity index (χ1v) is 12.5. The molecule has 0 aliphatic heterocycles. The predicted molar refractivity (Wildman–Crippen MR) is 137 cm³/mol. The van der Waals surface area contributed by atoms with E-state index in [1.54, 1.807) is 24.4 Å². The number of carbonyl (C=O) groups excluding carboxylic acids is 1. The minimum Gasteiger partial charge on any atom is -0.496 e. The van der Waals surface area contributed by atoms with E-state index >= 15 is 0 Å². The van der Waals surface area contributed by atoms with Crippen molar-refractivity contribution in [1.29, 1.82) is 0 Å². The van der Waals surface area contributed by atoms with Crippen LogP contribution in [0.15, 0.2) is 84.6 Å². The molecule has 10 nitrogen and oxygen atoms in total. The van der Waals surface area contributed by atoms with E-state index in [1.807, 2.05) is 6.92 Å². The molecular formula is C26H23N3O7S. The fraction of sp³-hybridized carbons (Fsp3) is 0.115. The summed E-state index contributed by atoms with van der Waals surface area (Å²) in [6.07, 6.45) is 2.86. The zero-order chi connectivity index (χ0) is 26.7. The van der Waals surface area contributed by atoms with Gasteiger partial charge in [0.1, 0.15) is 16.4 Å². The summed E-state index contributed by atoms with van der Waals surface area (Å²) in [5, 5.41) is 11.9. The van der Waals surface area contributed by atoms with Gasteiger partial charge in [-0.1, -0.05) is 31.7 Å². The summed E-state index contributed by atoms with van der Waals surface area (Å²) in [6.45, 7) is 5.33. The highest BCUT2D eigenvalue weighted by Crippen LogP contribution is 2.37. The van der Waals surface area contributed by atoms with Crippen molar-refractivity contribution in [1.82, 2.24) is 9.71 Å². The minimum atomic E-state index is -4.25. The minimum absolute atomic E-state index is 0.0264. The number of nitro benzene ring substituents is 1. The Morgan fingerprint density at radius 3 is 2.57 bits per heavy atom. The van der Waals surface area contributed by atoms with Crippen LogP contribution >= 0.6 is 0 Å². The van der Waals surface area contributed by atoms with Gasteiger partial charge in [-0.2, -0.15) is 0 Å². The molecule has 0 bridgehead atoms. The lowest BCUT2D eigenvalue weighted by molar-refractivity contribution is -0.384. The normalized spacial score (nSPS) is 12.1. The van der Waals surface area contributed by atoms with Crippen LogP contribution in [0.4, 0.5) is 5.69 Å². The maximum absolute atomic E-state index is 12.9. The third-order valence-corrected chi connectivity index (χ3v) is 7.28. The molecule has 1 heterocycles. The van der Waals surface area contributed by atoms with Crippen molar-refractivity contribution < 1.29 is 27.6 Å². The number of benzene rings is 3. The molecule has 1 aromatic heterocycles. The van der Waals surface area contributed by atoms with Gasteiger partial charge in [-0.15, -0.1) is 0 Å². The molecule has 0 aliphatic rings. The third kappa shape index (κ3) is 5.02. The van der Waals surface area contributed by atoms with Gasteiger partial charge < -0.3 is 14.5 Å². The fourth-order valence-electron chi connectivity index (χ4n) is 4.07. The topological polar surface area (TPSA) is 141 Å². The number of methoxy groups -OCH3 is 1. The molecule has 190 valence electrons. The molecule has 0 aliphatic carbocycles. The van der Waals surface area contributed by atoms with E-state index in [0.29, 0.717) is 16.7 Å². The van der Waals surface area contributed by atoms with E-state index in [4.69, 9.17) is 9.47 Å². The number of hydrogen-bond acceptors (Lipinski definition) is 7. The standard InChI is InChI=1S/C26H23N3O7S/c1-4-36-23-7-5-6-8-25(23)37(33,34)28-26(30)17-9-11-19(24(13-17)35-3)16(2)21-15-27-22-12-10-18(29(31)32)14-20(21)22/h4-16,27H,1H2,2-3H3,(H,28,30). The highest BCUT2D eigenvalue weighted by Gasteiger charge is 2.24. The average Bonchev–Trinajstić information content (AvgIpc) is 3.31. The van der Waals surface area contributed by atoms with Gasteiger partial charge in [-0.3, -0.25) is 14.9 Å². The number of fused-ring (bicyclic) bond motifs is 1. The zero-order valence-corrected chi connectivity index (χ0v) is 20.7. The molecular weight excluding hydrogens is 498 g/mol. The molecule has 0 saturated heterocycles. The van der Waals surface area contributed by atoms with E-state index < -0.39 is 20.9 Å². The number of H-pyrrole nitrogens is 1.